The number of hydrogen-bond donors (Lipinski definition) is 2. The van der Waals surface area contributed by atoms with E-state index in [-0.39, 0.29) is 28.9 Å². The van der Waals surface area contributed by atoms with E-state index in [2.05, 4.69) is 21.8 Å². The number of likely N-dealkylation sites (tertiary alicyclic amines) is 1. The lowest BCUT2D eigenvalue weighted by atomic mass is 10.1. The number of halogens is 1. The minimum Gasteiger partial charge on any atom is -0.478 e. The van der Waals surface area contributed by atoms with Crippen molar-refractivity contribution in [1.82, 2.24) is 9.62 Å². The molecule has 0 saturated carbocycles. The van der Waals surface area contributed by atoms with Gasteiger partial charge in [-0.2, -0.15) is 0 Å². The number of benzene rings is 2. The van der Waals surface area contributed by atoms with E-state index in [0.717, 1.165) is 32.5 Å². The highest BCUT2D eigenvalue weighted by Gasteiger charge is 2.24. The summed E-state index contributed by atoms with van der Waals surface area (Å²) < 4.78 is 27.7. The maximum atomic E-state index is 12.5. The molecule has 0 unspecified atom stereocenters. The van der Waals surface area contributed by atoms with Gasteiger partial charge in [-0.3, -0.25) is 4.90 Å². The first-order chi connectivity index (χ1) is 12.4. The summed E-state index contributed by atoms with van der Waals surface area (Å²) in [5.41, 5.74) is 1.32. The molecule has 1 saturated heterocycles. The Morgan fingerprint density at radius 1 is 1.04 bits per heavy atom. The standard InChI is InChI=1S/C19H22N2O4S.ClH/c22-19(23)16-6-8-18(9-7-16)26(24,25)20-17-10-12-21(13-11-17)14-15-4-2-1-3-5-15;/h1-9,17,20H,10-14H2,(H,22,23);1H. The zero-order valence-corrected chi connectivity index (χ0v) is 16.4. The van der Waals surface area contributed by atoms with E-state index in [4.69, 9.17) is 5.11 Å². The molecule has 2 aromatic carbocycles. The Hall–Kier alpha value is -1.93. The van der Waals surface area contributed by atoms with Crippen molar-refractivity contribution in [2.75, 3.05) is 13.1 Å². The van der Waals surface area contributed by atoms with Crippen LogP contribution in [0.25, 0.3) is 0 Å². The van der Waals surface area contributed by atoms with Crippen LogP contribution in [0.5, 0.6) is 0 Å². The van der Waals surface area contributed by atoms with Crippen molar-refractivity contribution in [2.45, 2.75) is 30.3 Å². The fourth-order valence-electron chi connectivity index (χ4n) is 3.11. The van der Waals surface area contributed by atoms with E-state index in [9.17, 15) is 13.2 Å². The summed E-state index contributed by atoms with van der Waals surface area (Å²) in [5, 5.41) is 8.90. The van der Waals surface area contributed by atoms with Gasteiger partial charge in [-0.1, -0.05) is 30.3 Å². The zero-order valence-electron chi connectivity index (χ0n) is 14.7. The van der Waals surface area contributed by atoms with Gasteiger partial charge in [-0.05, 0) is 42.7 Å². The molecular weight excluding hydrogens is 388 g/mol. The SMILES string of the molecule is Cl.O=C(O)c1ccc(S(=O)(=O)NC2CCN(Cc3ccccc3)CC2)cc1. The second-order valence-corrected chi connectivity index (χ2v) is 8.20. The quantitative estimate of drug-likeness (QED) is 0.764. The van der Waals surface area contributed by atoms with Crippen LogP contribution in [-0.4, -0.2) is 43.5 Å². The Morgan fingerprint density at radius 2 is 1.63 bits per heavy atom. The molecular formula is C19H23ClN2O4S. The Morgan fingerprint density at radius 3 is 2.19 bits per heavy atom. The highest BCUT2D eigenvalue weighted by molar-refractivity contribution is 7.89. The highest BCUT2D eigenvalue weighted by atomic mass is 35.5. The fourth-order valence-corrected chi connectivity index (χ4v) is 4.42. The molecule has 2 N–H and O–H groups in total. The molecule has 0 amide bonds. The minimum atomic E-state index is -3.64. The van der Waals surface area contributed by atoms with Gasteiger partial charge in [-0.15, -0.1) is 12.4 Å². The predicted octanol–water partition coefficient (Wildman–Crippen LogP) is 2.75. The normalized spacial score (nSPS) is 15.9. The maximum Gasteiger partial charge on any atom is 0.335 e. The minimum absolute atomic E-state index is 0. The lowest BCUT2D eigenvalue weighted by molar-refractivity contribution is 0.0696. The number of carboxylic acid groups (broad SMARTS) is 1. The first kappa shape index (κ1) is 21.4. The topological polar surface area (TPSA) is 86.7 Å². The van der Waals surface area contributed by atoms with Crippen LogP contribution in [0.2, 0.25) is 0 Å². The molecule has 27 heavy (non-hydrogen) atoms. The third kappa shape index (κ3) is 5.77. The van der Waals surface area contributed by atoms with Crippen LogP contribution < -0.4 is 4.72 Å². The van der Waals surface area contributed by atoms with Crippen molar-refractivity contribution in [3.63, 3.8) is 0 Å². The number of aromatic carboxylic acids is 1. The van der Waals surface area contributed by atoms with Crippen molar-refractivity contribution >= 4 is 28.4 Å². The van der Waals surface area contributed by atoms with Gasteiger partial charge in [-0.25, -0.2) is 17.9 Å². The van der Waals surface area contributed by atoms with Crippen molar-refractivity contribution in [3.05, 3.63) is 65.7 Å². The predicted molar refractivity (Wildman–Crippen MR) is 106 cm³/mol. The first-order valence-corrected chi connectivity index (χ1v) is 10.0. The van der Waals surface area contributed by atoms with Gasteiger partial charge in [0.1, 0.15) is 0 Å². The molecule has 1 aliphatic heterocycles. The van der Waals surface area contributed by atoms with Gasteiger partial charge in [0.25, 0.3) is 0 Å². The van der Waals surface area contributed by atoms with E-state index >= 15 is 0 Å². The molecule has 146 valence electrons. The summed E-state index contributed by atoms with van der Waals surface area (Å²) in [4.78, 5) is 13.3. The van der Waals surface area contributed by atoms with E-state index in [1.807, 2.05) is 18.2 Å². The van der Waals surface area contributed by atoms with Crippen LogP contribution in [0.3, 0.4) is 0 Å². The summed E-state index contributed by atoms with van der Waals surface area (Å²) >= 11 is 0. The van der Waals surface area contributed by atoms with Crippen LogP contribution in [0.15, 0.2) is 59.5 Å². The Balaban J connectivity index is 0.00000261. The van der Waals surface area contributed by atoms with Gasteiger partial charge >= 0.3 is 5.97 Å². The smallest absolute Gasteiger partial charge is 0.335 e. The van der Waals surface area contributed by atoms with Crippen LogP contribution in [0.1, 0.15) is 28.8 Å². The molecule has 6 nitrogen and oxygen atoms in total. The van der Waals surface area contributed by atoms with Crippen LogP contribution in [-0.2, 0) is 16.6 Å². The number of hydrogen-bond acceptors (Lipinski definition) is 4. The van der Waals surface area contributed by atoms with Crippen molar-refractivity contribution in [3.8, 4) is 0 Å². The molecule has 2 aromatic rings. The van der Waals surface area contributed by atoms with Crippen LogP contribution in [0.4, 0.5) is 0 Å². The van der Waals surface area contributed by atoms with Gasteiger partial charge in [0.05, 0.1) is 10.5 Å². The molecule has 0 spiro atoms. The Labute approximate surface area is 165 Å². The average molecular weight is 411 g/mol. The number of nitrogens with zero attached hydrogens (tertiary/aromatic N) is 1. The molecule has 0 atom stereocenters. The summed E-state index contributed by atoms with van der Waals surface area (Å²) in [6.45, 7) is 2.54. The summed E-state index contributed by atoms with van der Waals surface area (Å²) in [6, 6.07) is 15.4. The van der Waals surface area contributed by atoms with Gasteiger partial charge in [0, 0.05) is 25.7 Å². The van der Waals surface area contributed by atoms with Gasteiger partial charge in [0.15, 0.2) is 0 Å². The number of sulfonamides is 1. The van der Waals surface area contributed by atoms with Crippen LogP contribution in [0, 0.1) is 0 Å². The number of piperidine rings is 1. The van der Waals surface area contributed by atoms with E-state index in [1.165, 1.54) is 29.8 Å². The fraction of sp³-hybridized carbons (Fsp3) is 0.316. The molecule has 0 bridgehead atoms. The third-order valence-corrected chi connectivity index (χ3v) is 6.11. The summed E-state index contributed by atoms with van der Waals surface area (Å²) in [7, 11) is -3.64. The van der Waals surface area contributed by atoms with E-state index in [0.29, 0.717) is 0 Å². The molecule has 1 fully saturated rings. The van der Waals surface area contributed by atoms with E-state index in [1.54, 1.807) is 0 Å². The lowest BCUT2D eigenvalue weighted by Gasteiger charge is -2.32. The largest absolute Gasteiger partial charge is 0.478 e. The Bertz CT molecular complexity index is 849. The molecule has 3 rings (SSSR count). The number of carbonyl (C=O) groups is 1. The van der Waals surface area contributed by atoms with Crippen LogP contribution >= 0.6 is 12.4 Å². The maximum absolute atomic E-state index is 12.5. The molecule has 1 aliphatic rings. The molecule has 1 heterocycles. The lowest BCUT2D eigenvalue weighted by Crippen LogP contribution is -2.44. The van der Waals surface area contributed by atoms with Crippen molar-refractivity contribution in [1.29, 1.82) is 0 Å². The van der Waals surface area contributed by atoms with Gasteiger partial charge < -0.3 is 5.11 Å². The number of nitrogens with one attached hydrogen (secondary N) is 1. The second kappa shape index (κ2) is 9.32. The first-order valence-electron chi connectivity index (χ1n) is 8.56. The summed E-state index contributed by atoms with van der Waals surface area (Å²) in [5.74, 6) is -1.08. The molecule has 0 aliphatic carbocycles. The highest BCUT2D eigenvalue weighted by Crippen LogP contribution is 2.17. The molecule has 8 heteroatoms. The zero-order chi connectivity index (χ0) is 18.6. The number of carboxylic acids is 1. The average Bonchev–Trinajstić information content (AvgIpc) is 2.64. The second-order valence-electron chi connectivity index (χ2n) is 6.49. The van der Waals surface area contributed by atoms with Crippen molar-refractivity contribution < 1.29 is 18.3 Å². The van der Waals surface area contributed by atoms with Gasteiger partial charge in [0.2, 0.25) is 10.0 Å². The monoisotopic (exact) mass is 410 g/mol. The summed E-state index contributed by atoms with van der Waals surface area (Å²) in [6.07, 6.45) is 1.50. The molecule has 0 radical (unpaired) electrons. The third-order valence-electron chi connectivity index (χ3n) is 4.57. The van der Waals surface area contributed by atoms with Crippen molar-refractivity contribution in [2.24, 2.45) is 0 Å². The number of rotatable bonds is 6. The van der Waals surface area contributed by atoms with E-state index < -0.39 is 16.0 Å². The Kier molecular flexibility index (Phi) is 7.38. The molecule has 0 aromatic heterocycles.